The number of benzene rings is 1. The van der Waals surface area contributed by atoms with Crippen molar-refractivity contribution in [2.45, 2.75) is 13.2 Å². The Kier molecular flexibility index (Phi) is 5.41. The van der Waals surface area contributed by atoms with Crippen LogP contribution < -0.4 is 0 Å². The van der Waals surface area contributed by atoms with Crippen molar-refractivity contribution in [3.8, 4) is 0 Å². The van der Waals surface area contributed by atoms with Gasteiger partial charge in [-0.25, -0.2) is 0 Å². The minimum absolute atomic E-state index is 0.0213. The summed E-state index contributed by atoms with van der Waals surface area (Å²) >= 11 is 0. The van der Waals surface area contributed by atoms with Crippen molar-refractivity contribution in [3.05, 3.63) is 59.7 Å². The normalized spacial score (nSPS) is 20.8. The summed E-state index contributed by atoms with van der Waals surface area (Å²) in [6, 6.07) is 7.65. The molecular weight excluding hydrogens is 256 g/mol. The van der Waals surface area contributed by atoms with E-state index in [9.17, 15) is 9.59 Å². The first-order valence-corrected chi connectivity index (χ1v) is 6.38. The maximum Gasteiger partial charge on any atom is 0.181 e. The second-order valence-electron chi connectivity index (χ2n) is 4.41. The molecule has 0 unspecified atom stereocenters. The minimum atomic E-state index is -0.132. The monoisotopic (exact) mass is 272 g/mol. The molecule has 1 heterocycles. The lowest BCUT2D eigenvalue weighted by atomic mass is 10.1. The third kappa shape index (κ3) is 4.57. The topological polar surface area (TPSA) is 52.6 Å². The highest BCUT2D eigenvalue weighted by atomic mass is 16.5. The van der Waals surface area contributed by atoms with E-state index < -0.39 is 0 Å². The molecule has 0 amide bonds. The van der Waals surface area contributed by atoms with Crippen LogP contribution in [0.25, 0.3) is 0 Å². The number of hydrogen-bond acceptors (Lipinski definition) is 4. The molecule has 0 saturated heterocycles. The van der Waals surface area contributed by atoms with Gasteiger partial charge in [0.15, 0.2) is 11.6 Å². The molecule has 0 fully saturated rings. The van der Waals surface area contributed by atoms with Gasteiger partial charge in [0.05, 0.1) is 13.2 Å². The Bertz CT molecular complexity index is 494. The van der Waals surface area contributed by atoms with Gasteiger partial charge in [0, 0.05) is 0 Å². The number of ether oxygens (including phenoxy) is 2. The van der Waals surface area contributed by atoms with E-state index in [1.165, 1.54) is 24.3 Å². The molecule has 1 aromatic rings. The van der Waals surface area contributed by atoms with Crippen LogP contribution in [-0.2, 0) is 32.3 Å². The molecule has 4 heteroatoms. The number of carbonyl (C=O) groups is 2. The van der Waals surface area contributed by atoms with E-state index in [1.54, 1.807) is 0 Å². The minimum Gasteiger partial charge on any atom is -0.369 e. The fraction of sp³-hybridized carbons (Fsp3) is 0.250. The predicted octanol–water partition coefficient (Wildman–Crippen LogP) is 1.98. The van der Waals surface area contributed by atoms with Gasteiger partial charge in [-0.15, -0.1) is 0 Å². The van der Waals surface area contributed by atoms with E-state index in [0.29, 0.717) is 13.2 Å². The molecule has 0 aromatic heterocycles. The molecular formula is C16H16O4. The molecule has 0 N–H and O–H groups in total. The molecule has 1 aliphatic rings. The number of hydrogen-bond donors (Lipinski definition) is 0. The van der Waals surface area contributed by atoms with Crippen molar-refractivity contribution >= 4 is 11.6 Å². The lowest BCUT2D eigenvalue weighted by molar-refractivity contribution is -0.120. The maximum absolute atomic E-state index is 11.5. The van der Waals surface area contributed by atoms with Gasteiger partial charge in [-0.3, -0.25) is 9.59 Å². The van der Waals surface area contributed by atoms with Crippen LogP contribution in [0.5, 0.6) is 0 Å². The van der Waals surface area contributed by atoms with Crippen molar-refractivity contribution in [2.75, 3.05) is 13.2 Å². The Balaban J connectivity index is 2.12. The van der Waals surface area contributed by atoms with Crippen LogP contribution in [0, 0.1) is 0 Å². The summed E-state index contributed by atoms with van der Waals surface area (Å²) in [5.41, 5.74) is 1.92. The number of ketones is 2. The average molecular weight is 272 g/mol. The van der Waals surface area contributed by atoms with E-state index in [0.717, 1.165) is 11.1 Å². The highest BCUT2D eigenvalue weighted by molar-refractivity contribution is 5.92. The van der Waals surface area contributed by atoms with Gasteiger partial charge in [0.25, 0.3) is 0 Å². The Hall–Kier alpha value is -2.04. The Morgan fingerprint density at radius 1 is 0.700 bits per heavy atom. The highest BCUT2D eigenvalue weighted by Gasteiger charge is 2.05. The van der Waals surface area contributed by atoms with E-state index in [2.05, 4.69) is 0 Å². The molecule has 1 aliphatic heterocycles. The molecule has 0 aliphatic carbocycles. The lowest BCUT2D eigenvalue weighted by Crippen LogP contribution is -2.09. The van der Waals surface area contributed by atoms with E-state index in [1.807, 2.05) is 24.3 Å². The van der Waals surface area contributed by atoms with Crippen LogP contribution in [0.4, 0.5) is 0 Å². The van der Waals surface area contributed by atoms with Crippen LogP contribution in [0.1, 0.15) is 11.1 Å². The molecule has 104 valence electrons. The van der Waals surface area contributed by atoms with Gasteiger partial charge in [-0.2, -0.15) is 0 Å². The van der Waals surface area contributed by atoms with Gasteiger partial charge in [0.1, 0.15) is 13.2 Å². The van der Waals surface area contributed by atoms with Gasteiger partial charge in [-0.05, 0) is 23.3 Å². The van der Waals surface area contributed by atoms with Gasteiger partial charge in [-0.1, -0.05) is 36.4 Å². The number of rotatable bonds is 0. The standard InChI is InChI=1S/C16H16O4/c17-15-7-3-4-8-16(18)12-20-10-14-6-2-1-5-13(14)9-19-11-15/h1-8H,9-12H2/b7-3-,8-4+. The zero-order valence-corrected chi connectivity index (χ0v) is 11.1. The van der Waals surface area contributed by atoms with E-state index in [4.69, 9.17) is 9.47 Å². The maximum atomic E-state index is 11.5. The summed E-state index contributed by atoms with van der Waals surface area (Å²) in [6.07, 6.45) is 5.84. The first-order chi connectivity index (χ1) is 9.75. The highest BCUT2D eigenvalue weighted by Crippen LogP contribution is 2.11. The van der Waals surface area contributed by atoms with E-state index in [-0.39, 0.29) is 24.8 Å². The van der Waals surface area contributed by atoms with Gasteiger partial charge >= 0.3 is 0 Å². The lowest BCUT2D eigenvalue weighted by Gasteiger charge is -2.10. The zero-order valence-electron chi connectivity index (χ0n) is 11.1. The average Bonchev–Trinajstić information content (AvgIpc) is 2.44. The van der Waals surface area contributed by atoms with Crippen LogP contribution in [-0.4, -0.2) is 24.8 Å². The third-order valence-corrected chi connectivity index (χ3v) is 2.80. The van der Waals surface area contributed by atoms with Crippen LogP contribution in [0.3, 0.4) is 0 Å². The molecule has 0 atom stereocenters. The number of fused-ring (bicyclic) bond motifs is 1. The van der Waals surface area contributed by atoms with Gasteiger partial charge in [0.2, 0.25) is 0 Å². The van der Waals surface area contributed by atoms with Crippen molar-refractivity contribution in [3.63, 3.8) is 0 Å². The quantitative estimate of drug-likeness (QED) is 0.724. The fourth-order valence-electron chi connectivity index (χ4n) is 1.78. The van der Waals surface area contributed by atoms with Crippen molar-refractivity contribution in [1.29, 1.82) is 0 Å². The fourth-order valence-corrected chi connectivity index (χ4v) is 1.78. The molecule has 0 spiro atoms. The summed E-state index contributed by atoms with van der Waals surface area (Å²) in [5.74, 6) is -0.263. The van der Waals surface area contributed by atoms with Crippen LogP contribution in [0.15, 0.2) is 48.6 Å². The van der Waals surface area contributed by atoms with Crippen LogP contribution in [0.2, 0.25) is 0 Å². The largest absolute Gasteiger partial charge is 0.369 e. The summed E-state index contributed by atoms with van der Waals surface area (Å²) < 4.78 is 10.8. The Morgan fingerprint density at radius 3 is 1.60 bits per heavy atom. The Labute approximate surface area is 117 Å². The van der Waals surface area contributed by atoms with Crippen molar-refractivity contribution in [1.82, 2.24) is 0 Å². The summed E-state index contributed by atoms with van der Waals surface area (Å²) in [6.45, 7) is 0.743. The molecule has 4 nitrogen and oxygen atoms in total. The molecule has 0 radical (unpaired) electrons. The smallest absolute Gasteiger partial charge is 0.181 e. The summed E-state index contributed by atoms with van der Waals surface area (Å²) in [4.78, 5) is 23.0. The van der Waals surface area contributed by atoms with Crippen molar-refractivity contribution < 1.29 is 19.1 Å². The molecule has 0 bridgehead atoms. The number of carbonyl (C=O) groups excluding carboxylic acids is 2. The van der Waals surface area contributed by atoms with E-state index >= 15 is 0 Å². The van der Waals surface area contributed by atoms with Crippen molar-refractivity contribution in [2.24, 2.45) is 0 Å². The SMILES string of the molecule is O=C1/C=C\C=C\C(=O)COCc2ccccc2COC1. The summed E-state index contributed by atoms with van der Waals surface area (Å²) in [7, 11) is 0. The number of allylic oxidation sites excluding steroid dienone is 2. The molecule has 20 heavy (non-hydrogen) atoms. The first-order valence-electron chi connectivity index (χ1n) is 6.38. The second-order valence-corrected chi connectivity index (χ2v) is 4.41. The zero-order chi connectivity index (χ0) is 14.2. The molecule has 2 rings (SSSR count). The van der Waals surface area contributed by atoms with Crippen LogP contribution >= 0.6 is 0 Å². The Morgan fingerprint density at radius 2 is 1.15 bits per heavy atom. The second kappa shape index (κ2) is 7.53. The summed E-state index contributed by atoms with van der Waals surface area (Å²) in [5, 5.41) is 0. The first kappa shape index (κ1) is 14.4. The molecule has 0 saturated carbocycles. The predicted molar refractivity (Wildman–Crippen MR) is 74.0 cm³/mol. The third-order valence-electron chi connectivity index (χ3n) is 2.80. The molecule has 1 aromatic carbocycles. The van der Waals surface area contributed by atoms with Gasteiger partial charge < -0.3 is 9.47 Å².